The summed E-state index contributed by atoms with van der Waals surface area (Å²) in [6.07, 6.45) is 0. The summed E-state index contributed by atoms with van der Waals surface area (Å²) >= 11 is 0. The van der Waals surface area contributed by atoms with Crippen LogP contribution in [0.5, 0.6) is 5.75 Å². The van der Waals surface area contributed by atoms with Gasteiger partial charge in [-0.25, -0.2) is 8.42 Å². The van der Waals surface area contributed by atoms with Crippen LogP contribution in [0.2, 0.25) is 0 Å². The number of hydrogen-bond acceptors (Lipinski definition) is 6. The largest absolute Gasteiger partial charge is 0.508 e. The number of piperazine rings is 2. The summed E-state index contributed by atoms with van der Waals surface area (Å²) in [5.41, 5.74) is 1.07. The van der Waals surface area contributed by atoms with Crippen LogP contribution in [0.25, 0.3) is 10.8 Å². The number of carbonyl (C=O) groups is 1. The molecule has 35 heavy (non-hydrogen) atoms. The summed E-state index contributed by atoms with van der Waals surface area (Å²) in [5.74, 6) is 0.300. The lowest BCUT2D eigenvalue weighted by Crippen LogP contribution is -2.54. The van der Waals surface area contributed by atoms with E-state index in [0.717, 1.165) is 42.6 Å². The van der Waals surface area contributed by atoms with Crippen LogP contribution in [0.1, 0.15) is 0 Å². The molecule has 184 valence electrons. The molecule has 0 aromatic heterocycles. The smallest absolute Gasteiger partial charge is 0.243 e. The van der Waals surface area contributed by atoms with Gasteiger partial charge in [0.1, 0.15) is 5.75 Å². The Hall–Kier alpha value is -3.14. The molecule has 0 spiro atoms. The Morgan fingerprint density at radius 1 is 0.771 bits per heavy atom. The van der Waals surface area contributed by atoms with Gasteiger partial charge < -0.3 is 14.9 Å². The first kappa shape index (κ1) is 23.6. The average molecular weight is 495 g/mol. The van der Waals surface area contributed by atoms with Crippen molar-refractivity contribution in [2.45, 2.75) is 4.90 Å². The van der Waals surface area contributed by atoms with Gasteiger partial charge in [0, 0.05) is 58.0 Å². The van der Waals surface area contributed by atoms with Crippen LogP contribution in [0.15, 0.2) is 71.6 Å². The highest BCUT2D eigenvalue weighted by Crippen LogP contribution is 2.23. The van der Waals surface area contributed by atoms with Crippen molar-refractivity contribution in [2.24, 2.45) is 0 Å². The number of rotatable bonds is 5. The minimum atomic E-state index is -3.60. The van der Waals surface area contributed by atoms with Crippen LogP contribution in [0.4, 0.5) is 5.69 Å². The van der Waals surface area contributed by atoms with Crippen LogP contribution in [0.3, 0.4) is 0 Å². The quantitative estimate of drug-likeness (QED) is 0.586. The van der Waals surface area contributed by atoms with Crippen LogP contribution >= 0.6 is 0 Å². The highest BCUT2D eigenvalue weighted by atomic mass is 32.2. The molecule has 9 heteroatoms. The van der Waals surface area contributed by atoms with Crippen molar-refractivity contribution in [1.29, 1.82) is 0 Å². The molecule has 1 amide bonds. The number of phenols is 1. The summed E-state index contributed by atoms with van der Waals surface area (Å²) in [6, 6.07) is 20.1. The van der Waals surface area contributed by atoms with Gasteiger partial charge >= 0.3 is 0 Å². The van der Waals surface area contributed by atoms with Gasteiger partial charge in [0.05, 0.1) is 11.4 Å². The van der Waals surface area contributed by atoms with Crippen molar-refractivity contribution in [1.82, 2.24) is 14.1 Å². The third-order valence-electron chi connectivity index (χ3n) is 6.90. The van der Waals surface area contributed by atoms with Crippen LogP contribution in [-0.4, -0.2) is 92.4 Å². The molecule has 0 aliphatic carbocycles. The molecule has 1 N–H and O–H groups in total. The number of nitrogens with zero attached hydrogens (tertiary/aromatic N) is 4. The standard InChI is InChI=1S/C26H30N4O4S/c31-24-8-6-23(7-9-24)28-13-11-27(12-14-28)20-26(32)29-15-17-30(18-16-29)35(33,34)25-10-5-21-3-1-2-4-22(21)19-25/h1-10,19,31H,11-18,20H2. The zero-order valence-corrected chi connectivity index (χ0v) is 20.4. The number of carbonyl (C=O) groups excluding carboxylic acids is 1. The van der Waals surface area contributed by atoms with Crippen LogP contribution in [-0.2, 0) is 14.8 Å². The summed E-state index contributed by atoms with van der Waals surface area (Å²) in [4.78, 5) is 19.4. The zero-order chi connectivity index (χ0) is 24.4. The highest BCUT2D eigenvalue weighted by molar-refractivity contribution is 7.89. The van der Waals surface area contributed by atoms with E-state index in [0.29, 0.717) is 37.6 Å². The third-order valence-corrected chi connectivity index (χ3v) is 8.79. The van der Waals surface area contributed by atoms with Gasteiger partial charge in [0.25, 0.3) is 0 Å². The predicted molar refractivity (Wildman–Crippen MR) is 136 cm³/mol. The van der Waals surface area contributed by atoms with Gasteiger partial charge in [-0.3, -0.25) is 9.69 Å². The second-order valence-electron chi connectivity index (χ2n) is 9.07. The minimum Gasteiger partial charge on any atom is -0.508 e. The molecule has 0 saturated carbocycles. The fourth-order valence-electron chi connectivity index (χ4n) is 4.77. The summed E-state index contributed by atoms with van der Waals surface area (Å²) < 4.78 is 27.9. The normalized spacial score (nSPS) is 18.2. The summed E-state index contributed by atoms with van der Waals surface area (Å²) in [7, 11) is -3.60. The van der Waals surface area contributed by atoms with Gasteiger partial charge in [-0.05, 0) is 47.2 Å². The molecule has 8 nitrogen and oxygen atoms in total. The maximum absolute atomic E-state index is 13.2. The van der Waals surface area contributed by atoms with Crippen LogP contribution < -0.4 is 4.90 Å². The molecule has 2 saturated heterocycles. The first-order chi connectivity index (χ1) is 16.9. The van der Waals surface area contributed by atoms with Crippen molar-refractivity contribution < 1.29 is 18.3 Å². The lowest BCUT2D eigenvalue weighted by molar-refractivity contribution is -0.133. The Morgan fingerprint density at radius 3 is 2.11 bits per heavy atom. The maximum Gasteiger partial charge on any atom is 0.243 e. The number of phenolic OH excluding ortho intramolecular Hbond substituents is 1. The zero-order valence-electron chi connectivity index (χ0n) is 19.6. The molecule has 5 rings (SSSR count). The van der Waals surface area contributed by atoms with Gasteiger partial charge in [-0.15, -0.1) is 0 Å². The lowest BCUT2D eigenvalue weighted by atomic mass is 10.1. The predicted octanol–water partition coefficient (Wildman–Crippen LogP) is 2.20. The van der Waals surface area contributed by atoms with Crippen molar-refractivity contribution >= 4 is 32.4 Å². The summed E-state index contributed by atoms with van der Waals surface area (Å²) in [5, 5.41) is 11.4. The fraction of sp³-hybridized carbons (Fsp3) is 0.346. The first-order valence-corrected chi connectivity index (χ1v) is 13.4. The molecular weight excluding hydrogens is 464 g/mol. The van der Waals surface area contributed by atoms with E-state index < -0.39 is 10.0 Å². The first-order valence-electron chi connectivity index (χ1n) is 11.9. The molecule has 3 aromatic rings. The van der Waals surface area contributed by atoms with E-state index in [-0.39, 0.29) is 11.7 Å². The second-order valence-corrected chi connectivity index (χ2v) is 11.0. The van der Waals surface area contributed by atoms with E-state index >= 15 is 0 Å². The van der Waals surface area contributed by atoms with Gasteiger partial charge in [-0.2, -0.15) is 4.31 Å². The number of benzene rings is 3. The Bertz CT molecular complexity index is 1300. The van der Waals surface area contributed by atoms with E-state index in [1.54, 1.807) is 29.2 Å². The van der Waals surface area contributed by atoms with Gasteiger partial charge in [-0.1, -0.05) is 30.3 Å². The fourth-order valence-corrected chi connectivity index (χ4v) is 6.23. The van der Waals surface area contributed by atoms with E-state index in [1.165, 1.54) is 4.31 Å². The maximum atomic E-state index is 13.2. The van der Waals surface area contributed by atoms with Crippen molar-refractivity contribution in [3.63, 3.8) is 0 Å². The molecule has 2 heterocycles. The number of anilines is 1. The van der Waals surface area contributed by atoms with Crippen LogP contribution in [0, 0.1) is 0 Å². The average Bonchev–Trinajstić information content (AvgIpc) is 2.89. The minimum absolute atomic E-state index is 0.0471. The molecule has 3 aromatic carbocycles. The molecule has 0 radical (unpaired) electrons. The molecule has 0 bridgehead atoms. The van der Waals surface area contributed by atoms with E-state index in [4.69, 9.17) is 0 Å². The number of aromatic hydroxyl groups is 1. The Kier molecular flexibility index (Phi) is 6.64. The highest BCUT2D eigenvalue weighted by Gasteiger charge is 2.31. The molecule has 0 atom stereocenters. The number of fused-ring (bicyclic) bond motifs is 1. The Morgan fingerprint density at radius 2 is 1.43 bits per heavy atom. The Balaban J connectivity index is 1.13. The molecule has 2 fully saturated rings. The van der Waals surface area contributed by atoms with Crippen molar-refractivity contribution in [2.75, 3.05) is 63.8 Å². The number of sulfonamides is 1. The number of hydrogen-bond donors (Lipinski definition) is 1. The second kappa shape index (κ2) is 9.85. The van der Waals surface area contributed by atoms with E-state index in [2.05, 4.69) is 9.80 Å². The van der Waals surface area contributed by atoms with Crippen molar-refractivity contribution in [3.8, 4) is 5.75 Å². The molecule has 2 aliphatic heterocycles. The monoisotopic (exact) mass is 494 g/mol. The molecular formula is C26H30N4O4S. The Labute approximate surface area is 206 Å². The number of amides is 1. The van der Waals surface area contributed by atoms with Gasteiger partial charge in [0.15, 0.2) is 0 Å². The SMILES string of the molecule is O=C(CN1CCN(c2ccc(O)cc2)CC1)N1CCN(S(=O)(=O)c2ccc3ccccc3c2)CC1. The van der Waals surface area contributed by atoms with Crippen molar-refractivity contribution in [3.05, 3.63) is 66.7 Å². The van der Waals surface area contributed by atoms with E-state index in [9.17, 15) is 18.3 Å². The molecule has 2 aliphatic rings. The summed E-state index contributed by atoms with van der Waals surface area (Å²) in [6.45, 7) is 4.95. The third kappa shape index (κ3) is 5.12. The van der Waals surface area contributed by atoms with Gasteiger partial charge in [0.2, 0.25) is 15.9 Å². The lowest BCUT2D eigenvalue weighted by Gasteiger charge is -2.38. The topological polar surface area (TPSA) is 84.4 Å². The van der Waals surface area contributed by atoms with E-state index in [1.807, 2.05) is 42.5 Å². The molecule has 0 unspecified atom stereocenters.